The van der Waals surface area contributed by atoms with Crippen LogP contribution in [0.3, 0.4) is 0 Å². The van der Waals surface area contributed by atoms with Crippen molar-refractivity contribution in [1.82, 2.24) is 0 Å². The van der Waals surface area contributed by atoms with Crippen LogP contribution in [-0.4, -0.2) is 11.4 Å². The van der Waals surface area contributed by atoms with Crippen LogP contribution >= 0.6 is 0 Å². The number of benzene rings is 2. The van der Waals surface area contributed by atoms with Crippen LogP contribution < -0.4 is 0 Å². The Hall–Kier alpha value is -1.73. The molecule has 0 spiro atoms. The zero-order valence-electron chi connectivity index (χ0n) is 23.2. The molecule has 0 aromatic heterocycles. The maximum absolute atomic E-state index is 5.25. The summed E-state index contributed by atoms with van der Waals surface area (Å²) in [6, 6.07) is 13.5. The molecule has 3 heteroatoms. The van der Waals surface area contributed by atoms with Crippen molar-refractivity contribution in [1.29, 1.82) is 0 Å². The summed E-state index contributed by atoms with van der Waals surface area (Å²) in [6.07, 6.45) is 13.5. The molecule has 2 aromatic rings. The molecule has 2 nitrogen and oxygen atoms in total. The number of hydrogen-bond acceptors (Lipinski definition) is 2. The van der Waals surface area contributed by atoms with Gasteiger partial charge in [0.25, 0.3) is 0 Å². The Kier molecular flexibility index (Phi) is 15.8. The quantitative estimate of drug-likeness (QED) is 0.127. The van der Waals surface area contributed by atoms with Crippen LogP contribution in [0.25, 0.3) is 0 Å². The molecule has 0 fully saturated rings. The number of hydrogen-bond donors (Lipinski definition) is 0. The molecule has 0 heterocycles. The molecule has 0 saturated heterocycles. The summed E-state index contributed by atoms with van der Waals surface area (Å²) in [5.41, 5.74) is 10.3. The average molecular weight is 519 g/mol. The molecule has 0 saturated carbocycles. The van der Waals surface area contributed by atoms with Crippen molar-refractivity contribution >= 4 is 22.8 Å². The fourth-order valence-electron chi connectivity index (χ4n) is 4.64. The van der Waals surface area contributed by atoms with Gasteiger partial charge in [0.2, 0.25) is 0 Å². The second-order valence-corrected chi connectivity index (χ2v) is 9.35. The van der Waals surface area contributed by atoms with Gasteiger partial charge in [-0.15, -0.1) is 0 Å². The number of aliphatic imine (C=N–C) groups is 2. The first-order valence-electron chi connectivity index (χ1n) is 14.0. The minimum Gasteiger partial charge on any atom is -0.252 e. The van der Waals surface area contributed by atoms with E-state index < -0.39 is 0 Å². The Labute approximate surface area is 226 Å². The molecule has 0 radical (unpaired) electrons. The molecule has 196 valence electrons. The van der Waals surface area contributed by atoms with E-state index in [9.17, 15) is 0 Å². The molecular weight excluding hydrogens is 471 g/mol. The number of nitrogens with zero attached hydrogens (tertiary/aromatic N) is 2. The van der Waals surface area contributed by atoms with Gasteiger partial charge in [0, 0.05) is 16.5 Å². The number of unbranched alkanes of at least 4 members (excludes halogenated alkanes) is 4. The number of rotatable bonds is 15. The van der Waals surface area contributed by atoms with Crippen molar-refractivity contribution in [2.24, 2.45) is 9.98 Å². The van der Waals surface area contributed by atoms with Gasteiger partial charge < -0.3 is 0 Å². The second kappa shape index (κ2) is 17.7. The Morgan fingerprint density at radius 2 is 0.886 bits per heavy atom. The van der Waals surface area contributed by atoms with Crippen LogP contribution in [0.5, 0.6) is 0 Å². The fraction of sp³-hybridized carbons (Fsp3) is 0.562. The largest absolute Gasteiger partial charge is 0.252 e. The summed E-state index contributed by atoms with van der Waals surface area (Å²) < 4.78 is 0. The van der Waals surface area contributed by atoms with Gasteiger partial charge in [-0.25, -0.2) is 0 Å². The van der Waals surface area contributed by atoms with Gasteiger partial charge in [0.15, 0.2) is 0 Å². The van der Waals surface area contributed by atoms with Crippen molar-refractivity contribution < 1.29 is 16.5 Å². The smallest absolute Gasteiger partial charge is 0.0636 e. The molecule has 35 heavy (non-hydrogen) atoms. The topological polar surface area (TPSA) is 24.7 Å². The summed E-state index contributed by atoms with van der Waals surface area (Å²) in [7, 11) is 0. The van der Waals surface area contributed by atoms with Crippen LogP contribution in [-0.2, 0) is 42.2 Å². The van der Waals surface area contributed by atoms with Gasteiger partial charge in [-0.05, 0) is 97.9 Å². The third-order valence-electron chi connectivity index (χ3n) is 6.80. The van der Waals surface area contributed by atoms with Crippen molar-refractivity contribution in [3.8, 4) is 0 Å². The monoisotopic (exact) mass is 518 g/mol. The normalized spacial score (nSPS) is 12.1. The summed E-state index contributed by atoms with van der Waals surface area (Å²) >= 11 is 0. The predicted molar refractivity (Wildman–Crippen MR) is 153 cm³/mol. The summed E-state index contributed by atoms with van der Waals surface area (Å²) in [5.74, 6) is 0. The van der Waals surface area contributed by atoms with Gasteiger partial charge in [-0.1, -0.05) is 79.4 Å². The van der Waals surface area contributed by atoms with Gasteiger partial charge in [0.05, 0.1) is 22.8 Å². The predicted octanol–water partition coefficient (Wildman–Crippen LogP) is 9.94. The molecule has 0 atom stereocenters. The minimum absolute atomic E-state index is 0. The molecule has 0 amide bonds. The SMILES string of the molecule is CCCCCC(=Nc1ccc(CC)c(CC)c1)C(CCCCC)=Nc1ccc(CC)c(CC)c1.[Ni]. The van der Waals surface area contributed by atoms with Crippen molar-refractivity contribution in [3.63, 3.8) is 0 Å². The number of aryl methyl sites for hydroxylation is 4. The maximum atomic E-state index is 5.25. The molecule has 2 rings (SSSR count). The molecule has 2 aromatic carbocycles. The first-order chi connectivity index (χ1) is 16.6. The van der Waals surface area contributed by atoms with Crippen LogP contribution in [0.2, 0.25) is 0 Å². The Morgan fingerprint density at radius 1 is 0.514 bits per heavy atom. The summed E-state index contributed by atoms with van der Waals surface area (Å²) in [5, 5.41) is 0. The van der Waals surface area contributed by atoms with E-state index in [2.05, 4.69) is 77.9 Å². The van der Waals surface area contributed by atoms with E-state index in [1.165, 1.54) is 72.2 Å². The maximum Gasteiger partial charge on any atom is 0.0636 e. The second-order valence-electron chi connectivity index (χ2n) is 9.35. The van der Waals surface area contributed by atoms with E-state index in [1.54, 1.807) is 0 Å². The van der Waals surface area contributed by atoms with Crippen LogP contribution in [0.15, 0.2) is 46.4 Å². The van der Waals surface area contributed by atoms with E-state index >= 15 is 0 Å². The average Bonchev–Trinajstić information content (AvgIpc) is 2.87. The zero-order chi connectivity index (χ0) is 24.8. The van der Waals surface area contributed by atoms with Gasteiger partial charge in [-0.2, -0.15) is 0 Å². The standard InChI is InChI=1S/C32H48N2.Ni/c1-7-13-15-17-31(33-29-21-19-25(9-3)27(11-5)23-29)32(18-16-14-8-2)34-30-22-20-26(10-4)28(12-6)24-30;/h19-24H,7-18H2,1-6H3;. The van der Waals surface area contributed by atoms with E-state index in [4.69, 9.17) is 9.98 Å². The molecular formula is C32H48N2Ni. The molecule has 0 bridgehead atoms. The molecule has 0 aliphatic carbocycles. The molecule has 0 unspecified atom stereocenters. The third kappa shape index (κ3) is 10.0. The Balaban J connectivity index is 0.00000612. The zero-order valence-corrected chi connectivity index (χ0v) is 24.1. The van der Waals surface area contributed by atoms with Crippen LogP contribution in [0.1, 0.15) is 115 Å². The van der Waals surface area contributed by atoms with E-state index in [1.807, 2.05) is 0 Å². The third-order valence-corrected chi connectivity index (χ3v) is 6.80. The molecule has 0 aliphatic heterocycles. The van der Waals surface area contributed by atoms with E-state index in [0.29, 0.717) is 0 Å². The van der Waals surface area contributed by atoms with Gasteiger partial charge in [-0.3, -0.25) is 9.98 Å². The van der Waals surface area contributed by atoms with Crippen LogP contribution in [0, 0.1) is 0 Å². The molecule has 0 N–H and O–H groups in total. The first-order valence-corrected chi connectivity index (χ1v) is 14.0. The van der Waals surface area contributed by atoms with Gasteiger partial charge >= 0.3 is 0 Å². The summed E-state index contributed by atoms with van der Waals surface area (Å²) in [6.45, 7) is 13.5. The van der Waals surface area contributed by atoms with Crippen LogP contribution in [0.4, 0.5) is 11.4 Å². The Morgan fingerprint density at radius 3 is 1.20 bits per heavy atom. The van der Waals surface area contributed by atoms with E-state index in [-0.39, 0.29) is 16.5 Å². The molecule has 0 aliphatic rings. The van der Waals surface area contributed by atoms with Crippen molar-refractivity contribution in [3.05, 3.63) is 58.7 Å². The van der Waals surface area contributed by atoms with E-state index in [0.717, 1.165) is 49.9 Å². The van der Waals surface area contributed by atoms with Gasteiger partial charge in [0.1, 0.15) is 0 Å². The minimum atomic E-state index is 0. The van der Waals surface area contributed by atoms with Crippen molar-refractivity contribution in [2.75, 3.05) is 0 Å². The Bertz CT molecular complexity index is 865. The first kappa shape index (κ1) is 31.3. The summed E-state index contributed by atoms with van der Waals surface area (Å²) in [4.78, 5) is 10.5. The van der Waals surface area contributed by atoms with Crippen molar-refractivity contribution in [2.45, 2.75) is 119 Å². The fourth-order valence-corrected chi connectivity index (χ4v) is 4.64.